The summed E-state index contributed by atoms with van der Waals surface area (Å²) in [5.74, 6) is -9.82. The number of benzene rings is 2. The standard InChI is InChI=1S/C54H77N7O20P2/c1-26(2)25-61-21-18-54(19-22-61)59-40-37-38-44(66)32(8)48-39(37)49(68)53(10,81-48)78-23-17-34(77-11)29(5)47(79-33(9)62)31(7)43(65)30(6)46(27(3)14-12-15-28(4)50(69)57-42(45(38)67)41(40)60-54)80-36(64)24-56-35(63)16-13-20-55-51(70)58-52(82(71,72)73)83(74,75)76/h12,14-15,17,23,26-27,29-31,34,43,46-47,52,65-67H,13,16,18-22,24-25H2,1-11H3,(H,56,63)(H,57,69)(H2,55,58,70)(H2,71,72,73)(H2,74,75,76)/b14-12+,23-17+,28-15-/t27-,29+,30-,31+,34-,43+,46-,47+,53-/m0/s1. The topological polar surface area (TPSA) is 400 Å². The molecule has 0 aromatic heterocycles. The molecule has 4 amide bonds. The number of carbonyl (C=O) groups is 6. The summed E-state index contributed by atoms with van der Waals surface area (Å²) >= 11 is 0. The van der Waals surface area contributed by atoms with Crippen molar-refractivity contribution in [1.82, 2.24) is 20.9 Å². The van der Waals surface area contributed by atoms with Crippen LogP contribution < -0.4 is 36.7 Å². The van der Waals surface area contributed by atoms with Gasteiger partial charge in [-0.05, 0) is 32.3 Å². The first-order chi connectivity index (χ1) is 38.6. The van der Waals surface area contributed by atoms with E-state index in [0.29, 0.717) is 31.8 Å². The molecule has 9 atom stereocenters. The minimum atomic E-state index is -5.47. The zero-order valence-corrected chi connectivity index (χ0v) is 50.0. The van der Waals surface area contributed by atoms with E-state index in [1.807, 2.05) is 0 Å². The molecule has 6 rings (SSSR count). The number of phenols is 2. The Morgan fingerprint density at radius 1 is 0.892 bits per heavy atom. The number of aromatic hydroxyl groups is 2. The van der Waals surface area contributed by atoms with E-state index in [4.69, 9.17) is 33.7 Å². The molecule has 0 aliphatic carbocycles. The molecule has 0 unspecified atom stereocenters. The molecule has 458 valence electrons. The van der Waals surface area contributed by atoms with Crippen LogP contribution in [0.2, 0.25) is 0 Å². The number of anilines is 1. The maximum atomic E-state index is 14.9. The van der Waals surface area contributed by atoms with E-state index in [-0.39, 0.29) is 69.0 Å². The second-order valence-corrected chi connectivity index (χ2v) is 26.0. The van der Waals surface area contributed by atoms with Crippen molar-refractivity contribution in [3.63, 3.8) is 0 Å². The highest BCUT2D eigenvalue weighted by atomic mass is 31.2. The SMILES string of the molecule is CO[C@H]1/C=C/O[C@@]2(C)Oc3c(C)c(O)c4c(O)c(c5c(c4c3C2=O)=NC2(CCN(CC(C)C)CC2)N=5)NC(=O)/C(C)=C\C=C\[C@H](C)[C@H](OC(=O)CNC(=O)CCCNC(=O)NC(P(=O)(O)O)P(=O)(O)O)[C@@H](C)[C@@H](O)[C@@H](C)[C@H](OC(C)=O)[C@@H]1C. The minimum absolute atomic E-state index is 0.0269. The van der Waals surface area contributed by atoms with E-state index >= 15 is 0 Å². The number of piperidine rings is 1. The van der Waals surface area contributed by atoms with E-state index < -0.39 is 134 Å². The predicted octanol–water partition coefficient (Wildman–Crippen LogP) is 3.13. The van der Waals surface area contributed by atoms with Gasteiger partial charge in [0.25, 0.3) is 11.7 Å². The van der Waals surface area contributed by atoms with Crippen LogP contribution in [0.4, 0.5) is 10.5 Å². The van der Waals surface area contributed by atoms with E-state index in [9.17, 15) is 72.8 Å². The number of allylic oxidation sites excluding steroid dienone is 2. The van der Waals surface area contributed by atoms with Crippen molar-refractivity contribution in [1.29, 1.82) is 0 Å². The maximum Gasteiger partial charge on any atom is 0.360 e. The fourth-order valence-corrected chi connectivity index (χ4v) is 13.0. The Bertz CT molecular complexity index is 3160. The lowest BCUT2D eigenvalue weighted by Gasteiger charge is -2.39. The lowest BCUT2D eigenvalue weighted by molar-refractivity contribution is -0.165. The van der Waals surface area contributed by atoms with Crippen LogP contribution in [-0.2, 0) is 47.3 Å². The maximum absolute atomic E-state index is 14.9. The number of ether oxygens (including phenoxy) is 5. The Morgan fingerprint density at radius 2 is 1.52 bits per heavy atom. The number of aliphatic hydroxyl groups is 1. The number of rotatable bonds is 14. The van der Waals surface area contributed by atoms with Crippen molar-refractivity contribution < 1.29 is 96.5 Å². The third-order valence-corrected chi connectivity index (χ3v) is 18.6. The van der Waals surface area contributed by atoms with Gasteiger partial charge < -0.3 is 84.7 Å². The quantitative estimate of drug-likeness (QED) is 0.0560. The molecule has 1 saturated heterocycles. The fourth-order valence-electron chi connectivity index (χ4n) is 10.8. The number of likely N-dealkylation sites (tertiary alicyclic amines) is 1. The Kier molecular flexibility index (Phi) is 20.9. The number of ketones is 1. The van der Waals surface area contributed by atoms with Gasteiger partial charge in [-0.15, -0.1) is 0 Å². The van der Waals surface area contributed by atoms with E-state index in [1.54, 1.807) is 33.8 Å². The molecule has 4 aliphatic heterocycles. The lowest BCUT2D eigenvalue weighted by atomic mass is 9.78. The summed E-state index contributed by atoms with van der Waals surface area (Å²) in [6, 6.07) is -1.33. The number of carbonyl (C=O) groups excluding carboxylic acids is 6. The van der Waals surface area contributed by atoms with Crippen LogP contribution in [0.1, 0.15) is 104 Å². The van der Waals surface area contributed by atoms with Crippen LogP contribution in [0.3, 0.4) is 0 Å². The van der Waals surface area contributed by atoms with Crippen molar-refractivity contribution in [2.45, 2.75) is 136 Å². The van der Waals surface area contributed by atoms with E-state index in [1.165, 1.54) is 64.6 Å². The Labute approximate surface area is 479 Å². The second kappa shape index (κ2) is 26.3. The first-order valence-electron chi connectivity index (χ1n) is 27.1. The molecule has 0 saturated carbocycles. The summed E-state index contributed by atoms with van der Waals surface area (Å²) in [4.78, 5) is 130. The molecule has 11 N–H and O–H groups in total. The minimum Gasteiger partial charge on any atom is -0.507 e. The van der Waals surface area contributed by atoms with Gasteiger partial charge in [-0.1, -0.05) is 59.8 Å². The molecule has 83 heavy (non-hydrogen) atoms. The predicted molar refractivity (Wildman–Crippen MR) is 298 cm³/mol. The van der Waals surface area contributed by atoms with Crippen LogP contribution in [-0.4, -0.2) is 157 Å². The number of hydrogen-bond acceptors (Lipinski definition) is 19. The molecule has 27 nitrogen and oxygen atoms in total. The summed E-state index contributed by atoms with van der Waals surface area (Å²) in [5.41, 5.74) is -3.86. The zero-order valence-electron chi connectivity index (χ0n) is 48.2. The Morgan fingerprint density at radius 3 is 2.12 bits per heavy atom. The van der Waals surface area contributed by atoms with Gasteiger partial charge in [-0.25, -0.2) is 4.79 Å². The largest absolute Gasteiger partial charge is 0.507 e. The number of Topliss-reactive ketones (excluding diaryl/α,β-unsaturated/α-hetero) is 1. The van der Waals surface area contributed by atoms with Crippen LogP contribution in [0.25, 0.3) is 10.8 Å². The zero-order chi connectivity index (χ0) is 61.8. The average molecular weight is 1210 g/mol. The van der Waals surface area contributed by atoms with Crippen molar-refractivity contribution >= 4 is 67.2 Å². The number of nitrogens with one attached hydrogen (secondary N) is 4. The highest BCUT2D eigenvalue weighted by Gasteiger charge is 2.51. The smallest absolute Gasteiger partial charge is 0.360 e. The molecule has 2 aromatic rings. The summed E-state index contributed by atoms with van der Waals surface area (Å²) in [5, 5.41) is 45.4. The fraction of sp³-hybridized carbons (Fsp3) is 0.593. The molecule has 2 aromatic carbocycles. The van der Waals surface area contributed by atoms with Crippen LogP contribution in [0.5, 0.6) is 17.2 Å². The van der Waals surface area contributed by atoms with Crippen molar-refractivity contribution in [3.8, 4) is 17.2 Å². The molecule has 1 fully saturated rings. The molecule has 4 bridgehead atoms. The van der Waals surface area contributed by atoms with Crippen LogP contribution in [0.15, 0.2) is 46.1 Å². The van der Waals surface area contributed by atoms with Crippen LogP contribution >= 0.6 is 15.2 Å². The Balaban J connectivity index is 1.35. The normalized spacial score (nSPS) is 27.3. The summed E-state index contributed by atoms with van der Waals surface area (Å²) in [6.07, 6.45) is 3.18. The lowest BCUT2D eigenvalue weighted by Crippen LogP contribution is -2.48. The summed E-state index contributed by atoms with van der Waals surface area (Å²) < 4.78 is 53.2. The summed E-state index contributed by atoms with van der Waals surface area (Å²) in [7, 11) is -9.54. The first-order valence-corrected chi connectivity index (χ1v) is 30.5. The third kappa shape index (κ3) is 15.0. The summed E-state index contributed by atoms with van der Waals surface area (Å²) in [6.45, 7) is 17.5. The number of hydrogen-bond donors (Lipinski definition) is 11. The van der Waals surface area contributed by atoms with Crippen molar-refractivity contribution in [2.75, 3.05) is 45.2 Å². The van der Waals surface area contributed by atoms with Gasteiger partial charge in [-0.3, -0.25) is 43.1 Å². The van der Waals surface area contributed by atoms with Gasteiger partial charge in [0.05, 0.1) is 34.8 Å². The van der Waals surface area contributed by atoms with Gasteiger partial charge in [0, 0.05) is 107 Å². The second-order valence-electron chi connectivity index (χ2n) is 22.2. The van der Waals surface area contributed by atoms with E-state index in [2.05, 4.69) is 34.7 Å². The highest BCUT2D eigenvalue weighted by molar-refractivity contribution is 7.70. The molecule has 4 heterocycles. The Hall–Kier alpha value is -6.28. The third-order valence-electron chi connectivity index (χ3n) is 15.3. The highest BCUT2D eigenvalue weighted by Crippen LogP contribution is 2.58. The average Bonchev–Trinajstić information content (AvgIpc) is 2.13. The number of amides is 4. The van der Waals surface area contributed by atoms with Gasteiger partial charge in [0.15, 0.2) is 11.4 Å². The van der Waals surface area contributed by atoms with Gasteiger partial charge >= 0.3 is 38.9 Å². The number of esters is 2. The number of fused-ring (bicyclic) bond motifs is 1. The monoisotopic (exact) mass is 1210 g/mol. The van der Waals surface area contributed by atoms with Gasteiger partial charge in [0.2, 0.25) is 11.4 Å². The first kappa shape index (κ1) is 65.9. The number of nitrogens with zero attached hydrogens (tertiary/aromatic N) is 3. The molecule has 1 spiro atoms. The van der Waals surface area contributed by atoms with Gasteiger partial charge in [-0.2, -0.15) is 0 Å². The molecule has 4 aliphatic rings. The number of phenolic OH excluding ortho intramolecular Hbond substituents is 2. The van der Waals surface area contributed by atoms with E-state index in [0.717, 1.165) is 6.54 Å². The molecule has 0 radical (unpaired) electrons. The number of methoxy groups -OCH3 is 1. The van der Waals surface area contributed by atoms with Gasteiger partial charge in [0.1, 0.15) is 41.3 Å². The molecular weight excluding hydrogens is 1130 g/mol. The molecular formula is C54H77N7O20P2. The van der Waals surface area contributed by atoms with Crippen molar-refractivity contribution in [3.05, 3.63) is 58.0 Å². The van der Waals surface area contributed by atoms with Crippen molar-refractivity contribution in [2.24, 2.45) is 39.6 Å². The van der Waals surface area contributed by atoms with Crippen LogP contribution in [0, 0.1) is 36.5 Å². The number of urea groups is 1. The molecule has 29 heteroatoms. The number of aliphatic hydroxyl groups excluding tert-OH is 1.